The number of nitrogens with zero attached hydrogens (tertiary/aromatic N) is 2. The average molecular weight is 568 g/mol. The van der Waals surface area contributed by atoms with Crippen LogP contribution in [-0.4, -0.2) is 85.1 Å². The highest BCUT2D eigenvalue weighted by Crippen LogP contribution is 2.21. The Morgan fingerprint density at radius 3 is 2.81 bits per heavy atom. The Hall–Kier alpha value is -0.990. The molecule has 2 atom stereocenters. The van der Waals surface area contributed by atoms with Gasteiger partial charge in [-0.15, -0.1) is 24.0 Å². The average Bonchev–Trinajstić information content (AvgIpc) is 3.30. The van der Waals surface area contributed by atoms with Gasteiger partial charge < -0.3 is 24.4 Å². The third kappa shape index (κ3) is 7.53. The minimum absolute atomic E-state index is 0. The number of sulfonamides is 1. The molecule has 31 heavy (non-hydrogen) atoms. The number of hydrogen-bond acceptors (Lipinski definition) is 6. The van der Waals surface area contributed by atoms with E-state index >= 15 is 0 Å². The van der Waals surface area contributed by atoms with Crippen LogP contribution < -0.4 is 10.0 Å². The lowest BCUT2D eigenvalue weighted by atomic mass is 10.1. The zero-order valence-corrected chi connectivity index (χ0v) is 21.2. The molecule has 0 bridgehead atoms. The van der Waals surface area contributed by atoms with Gasteiger partial charge in [0.25, 0.3) is 0 Å². The largest absolute Gasteiger partial charge is 0.383 e. The Bertz CT molecular complexity index is 818. The maximum Gasteiger partial charge on any atom is 0.240 e. The van der Waals surface area contributed by atoms with Crippen molar-refractivity contribution in [3.8, 4) is 0 Å². The third-order valence-corrected chi connectivity index (χ3v) is 6.70. The standard InChI is InChI=1S/C20H32N4O5S.HI/c1-21-20(24-9-12-29-19(15-24)18-7-4-10-28-18)22-14-16-5-3-6-17(13-16)30(25,26)23-8-11-27-2;/h3,5-6,13,18-19,23H,4,7-12,14-15H2,1-2H3,(H,21,22);1H. The summed E-state index contributed by atoms with van der Waals surface area (Å²) in [5.41, 5.74) is 0.856. The van der Waals surface area contributed by atoms with Crippen molar-refractivity contribution in [2.75, 3.05) is 53.6 Å². The van der Waals surface area contributed by atoms with E-state index in [1.807, 2.05) is 6.07 Å². The van der Waals surface area contributed by atoms with Gasteiger partial charge in [0.05, 0.1) is 24.2 Å². The minimum atomic E-state index is -3.57. The van der Waals surface area contributed by atoms with E-state index in [1.165, 1.54) is 7.11 Å². The van der Waals surface area contributed by atoms with Crippen LogP contribution in [0.4, 0.5) is 0 Å². The fourth-order valence-corrected chi connectivity index (χ4v) is 4.77. The lowest BCUT2D eigenvalue weighted by Gasteiger charge is -2.37. The van der Waals surface area contributed by atoms with Gasteiger partial charge >= 0.3 is 0 Å². The van der Waals surface area contributed by atoms with Crippen LogP contribution in [0.5, 0.6) is 0 Å². The number of hydrogen-bond donors (Lipinski definition) is 2. The number of guanidine groups is 1. The molecule has 2 N–H and O–H groups in total. The van der Waals surface area contributed by atoms with Crippen molar-refractivity contribution in [1.29, 1.82) is 0 Å². The summed E-state index contributed by atoms with van der Waals surface area (Å²) in [5, 5.41) is 3.34. The molecule has 0 saturated carbocycles. The fraction of sp³-hybridized carbons (Fsp3) is 0.650. The Morgan fingerprint density at radius 1 is 1.29 bits per heavy atom. The molecule has 0 radical (unpaired) electrons. The monoisotopic (exact) mass is 568 g/mol. The third-order valence-electron chi connectivity index (χ3n) is 5.24. The molecule has 2 saturated heterocycles. The van der Waals surface area contributed by atoms with Gasteiger partial charge in [-0.3, -0.25) is 4.99 Å². The zero-order chi connectivity index (χ0) is 21.4. The molecule has 1 aromatic rings. The maximum atomic E-state index is 12.4. The lowest BCUT2D eigenvalue weighted by molar-refractivity contribution is -0.0817. The van der Waals surface area contributed by atoms with Crippen LogP contribution in [0.1, 0.15) is 18.4 Å². The van der Waals surface area contributed by atoms with E-state index in [0.717, 1.165) is 44.1 Å². The molecular weight excluding hydrogens is 535 g/mol. The van der Waals surface area contributed by atoms with Gasteiger partial charge in [-0.2, -0.15) is 0 Å². The summed E-state index contributed by atoms with van der Waals surface area (Å²) in [5.74, 6) is 0.771. The summed E-state index contributed by atoms with van der Waals surface area (Å²) >= 11 is 0. The van der Waals surface area contributed by atoms with Crippen LogP contribution in [-0.2, 0) is 30.8 Å². The quantitative estimate of drug-likeness (QED) is 0.210. The molecule has 0 amide bonds. The minimum Gasteiger partial charge on any atom is -0.383 e. The summed E-state index contributed by atoms with van der Waals surface area (Å²) in [6.07, 6.45) is 2.31. The van der Waals surface area contributed by atoms with Gasteiger partial charge in [-0.05, 0) is 30.5 Å². The van der Waals surface area contributed by atoms with Gasteiger partial charge in [0.2, 0.25) is 10.0 Å². The van der Waals surface area contributed by atoms with Crippen molar-refractivity contribution >= 4 is 40.0 Å². The van der Waals surface area contributed by atoms with Crippen molar-refractivity contribution in [2.24, 2.45) is 4.99 Å². The van der Waals surface area contributed by atoms with Gasteiger partial charge in [0.15, 0.2) is 5.96 Å². The van der Waals surface area contributed by atoms with Crippen molar-refractivity contribution in [3.63, 3.8) is 0 Å². The molecule has 9 nitrogen and oxygen atoms in total. The number of methoxy groups -OCH3 is 1. The lowest BCUT2D eigenvalue weighted by Crippen LogP contribution is -2.53. The number of morpholine rings is 1. The Kier molecular flexibility index (Phi) is 10.9. The highest BCUT2D eigenvalue weighted by Gasteiger charge is 2.32. The van der Waals surface area contributed by atoms with Gasteiger partial charge in [-0.1, -0.05) is 12.1 Å². The fourth-order valence-electron chi connectivity index (χ4n) is 3.69. The first kappa shape index (κ1) is 26.3. The first-order valence-corrected chi connectivity index (χ1v) is 11.8. The van der Waals surface area contributed by atoms with Crippen molar-refractivity contribution in [1.82, 2.24) is 14.9 Å². The van der Waals surface area contributed by atoms with Crippen LogP contribution in [0.2, 0.25) is 0 Å². The Labute approximate surface area is 202 Å². The molecule has 3 rings (SSSR count). The summed E-state index contributed by atoms with van der Waals surface area (Å²) in [6, 6.07) is 6.89. The number of halogens is 1. The number of nitrogens with one attached hydrogen (secondary N) is 2. The van der Waals surface area contributed by atoms with Crippen LogP contribution in [0.15, 0.2) is 34.2 Å². The van der Waals surface area contributed by atoms with E-state index in [4.69, 9.17) is 14.2 Å². The second-order valence-corrected chi connectivity index (χ2v) is 9.11. The van der Waals surface area contributed by atoms with E-state index in [1.54, 1.807) is 25.2 Å². The predicted octanol–water partition coefficient (Wildman–Crippen LogP) is 1.18. The van der Waals surface area contributed by atoms with E-state index in [-0.39, 0.29) is 47.6 Å². The van der Waals surface area contributed by atoms with Crippen molar-refractivity contribution in [2.45, 2.75) is 36.5 Å². The molecule has 0 aromatic heterocycles. The first-order valence-electron chi connectivity index (χ1n) is 10.3. The SMILES string of the molecule is CN=C(NCc1cccc(S(=O)(=O)NCCOC)c1)N1CCOC(C2CCCO2)C1.I. The van der Waals surface area contributed by atoms with Gasteiger partial charge in [-0.25, -0.2) is 13.1 Å². The molecule has 2 unspecified atom stereocenters. The Balaban J connectivity index is 0.00000341. The molecule has 0 aliphatic carbocycles. The molecule has 11 heteroatoms. The molecule has 2 aliphatic heterocycles. The van der Waals surface area contributed by atoms with Crippen LogP contribution in [0, 0.1) is 0 Å². The summed E-state index contributed by atoms with van der Waals surface area (Å²) in [4.78, 5) is 6.80. The predicted molar refractivity (Wildman–Crippen MR) is 129 cm³/mol. The second kappa shape index (κ2) is 12.9. The first-order chi connectivity index (χ1) is 14.5. The summed E-state index contributed by atoms with van der Waals surface area (Å²) in [7, 11) is -0.283. The highest BCUT2D eigenvalue weighted by atomic mass is 127. The van der Waals surface area contributed by atoms with E-state index in [9.17, 15) is 8.42 Å². The topological polar surface area (TPSA) is 101 Å². The maximum absolute atomic E-state index is 12.4. The van der Waals surface area contributed by atoms with Crippen LogP contribution >= 0.6 is 24.0 Å². The van der Waals surface area contributed by atoms with Crippen molar-refractivity contribution in [3.05, 3.63) is 29.8 Å². The van der Waals surface area contributed by atoms with Gasteiger partial charge in [0.1, 0.15) is 6.10 Å². The van der Waals surface area contributed by atoms with E-state index < -0.39 is 10.0 Å². The molecular formula is C20H33IN4O5S. The normalized spacial score (nSPS) is 22.3. The number of ether oxygens (including phenoxy) is 3. The summed E-state index contributed by atoms with van der Waals surface area (Å²) < 4.78 is 44.0. The molecule has 176 valence electrons. The smallest absolute Gasteiger partial charge is 0.240 e. The number of rotatable bonds is 8. The Morgan fingerprint density at radius 2 is 2.10 bits per heavy atom. The zero-order valence-electron chi connectivity index (χ0n) is 18.1. The summed E-state index contributed by atoms with van der Waals surface area (Å²) in [6.45, 7) is 3.93. The molecule has 2 heterocycles. The second-order valence-electron chi connectivity index (χ2n) is 7.35. The van der Waals surface area contributed by atoms with Crippen LogP contribution in [0.25, 0.3) is 0 Å². The van der Waals surface area contributed by atoms with E-state index in [2.05, 4.69) is 19.9 Å². The number of aliphatic imine (C=N–C) groups is 1. The molecule has 1 aromatic carbocycles. The highest BCUT2D eigenvalue weighted by molar-refractivity contribution is 14.0. The molecule has 0 spiro atoms. The van der Waals surface area contributed by atoms with E-state index in [0.29, 0.717) is 19.8 Å². The molecule has 2 aliphatic rings. The van der Waals surface area contributed by atoms with Crippen molar-refractivity contribution < 1.29 is 22.6 Å². The number of benzene rings is 1. The molecule has 2 fully saturated rings. The van der Waals surface area contributed by atoms with Gasteiger partial charge in [0, 0.05) is 46.9 Å². The van der Waals surface area contributed by atoms with Crippen LogP contribution in [0.3, 0.4) is 0 Å².